The minimum absolute atomic E-state index is 0.0890. The molecule has 0 aromatic heterocycles. The fourth-order valence-corrected chi connectivity index (χ4v) is 5.58. The van der Waals surface area contributed by atoms with Gasteiger partial charge in [-0.1, -0.05) is 78.8 Å². The molecule has 33 heavy (non-hydrogen) atoms. The van der Waals surface area contributed by atoms with E-state index in [2.05, 4.69) is 5.32 Å². The van der Waals surface area contributed by atoms with Crippen LogP contribution in [-0.4, -0.2) is 34.6 Å². The first-order chi connectivity index (χ1) is 15.9. The molecule has 0 radical (unpaired) electrons. The SMILES string of the molecule is CCC(C(=O)NC1CCCC1)N(Cc1ccc(Cl)c(Cl)c1)C(=O)CSCc1ccccc1Cl. The zero-order chi connectivity index (χ0) is 23.8. The van der Waals surface area contributed by atoms with Crippen LogP contribution in [0.3, 0.4) is 0 Å². The van der Waals surface area contributed by atoms with Gasteiger partial charge in [-0.2, -0.15) is 0 Å². The van der Waals surface area contributed by atoms with Crippen molar-refractivity contribution in [1.82, 2.24) is 10.2 Å². The smallest absolute Gasteiger partial charge is 0.243 e. The second-order valence-corrected chi connectivity index (χ2v) is 10.5. The van der Waals surface area contributed by atoms with E-state index in [1.54, 1.807) is 17.0 Å². The Bertz CT molecular complexity index is 966. The van der Waals surface area contributed by atoms with Crippen molar-refractivity contribution >= 4 is 58.4 Å². The van der Waals surface area contributed by atoms with Gasteiger partial charge in [-0.15, -0.1) is 11.8 Å². The number of hydrogen-bond acceptors (Lipinski definition) is 3. The third kappa shape index (κ3) is 7.54. The molecule has 0 saturated heterocycles. The molecule has 178 valence electrons. The van der Waals surface area contributed by atoms with Crippen molar-refractivity contribution in [2.24, 2.45) is 0 Å². The molecular weight excluding hydrogens is 499 g/mol. The summed E-state index contributed by atoms with van der Waals surface area (Å²) in [6.07, 6.45) is 4.78. The van der Waals surface area contributed by atoms with E-state index in [0.29, 0.717) is 33.8 Å². The summed E-state index contributed by atoms with van der Waals surface area (Å²) in [7, 11) is 0. The van der Waals surface area contributed by atoms with E-state index in [9.17, 15) is 9.59 Å². The van der Waals surface area contributed by atoms with Crippen molar-refractivity contribution in [3.63, 3.8) is 0 Å². The summed E-state index contributed by atoms with van der Waals surface area (Å²) in [4.78, 5) is 28.2. The molecular formula is C25H29Cl3N2O2S. The van der Waals surface area contributed by atoms with E-state index in [1.807, 2.05) is 37.3 Å². The first kappa shape index (κ1) is 26.2. The Labute approximate surface area is 215 Å². The van der Waals surface area contributed by atoms with Gasteiger partial charge in [0.15, 0.2) is 0 Å². The average molecular weight is 528 g/mol. The summed E-state index contributed by atoms with van der Waals surface area (Å²) in [5, 5.41) is 4.73. The number of nitrogens with zero attached hydrogens (tertiary/aromatic N) is 1. The van der Waals surface area contributed by atoms with Crippen LogP contribution < -0.4 is 5.32 Å². The van der Waals surface area contributed by atoms with Gasteiger partial charge in [0.25, 0.3) is 0 Å². The van der Waals surface area contributed by atoms with Crippen LogP contribution in [0.5, 0.6) is 0 Å². The van der Waals surface area contributed by atoms with Crippen LogP contribution in [0.1, 0.15) is 50.2 Å². The molecule has 2 aromatic carbocycles. The van der Waals surface area contributed by atoms with Crippen LogP contribution in [0.15, 0.2) is 42.5 Å². The number of carbonyl (C=O) groups is 2. The van der Waals surface area contributed by atoms with Gasteiger partial charge in [-0.25, -0.2) is 0 Å². The van der Waals surface area contributed by atoms with Crippen molar-refractivity contribution in [2.45, 2.75) is 63.4 Å². The van der Waals surface area contributed by atoms with Crippen LogP contribution in [0.2, 0.25) is 15.1 Å². The average Bonchev–Trinajstić information content (AvgIpc) is 3.30. The van der Waals surface area contributed by atoms with E-state index in [4.69, 9.17) is 34.8 Å². The quantitative estimate of drug-likeness (QED) is 0.372. The monoisotopic (exact) mass is 526 g/mol. The summed E-state index contributed by atoms with van der Waals surface area (Å²) >= 11 is 20.0. The maximum absolute atomic E-state index is 13.3. The van der Waals surface area contributed by atoms with Crippen LogP contribution in [-0.2, 0) is 21.9 Å². The first-order valence-corrected chi connectivity index (χ1v) is 13.5. The third-order valence-electron chi connectivity index (χ3n) is 5.87. The largest absolute Gasteiger partial charge is 0.352 e. The Hall–Kier alpha value is -1.40. The number of thioether (sulfide) groups is 1. The topological polar surface area (TPSA) is 49.4 Å². The first-order valence-electron chi connectivity index (χ1n) is 11.2. The highest BCUT2D eigenvalue weighted by Gasteiger charge is 2.30. The molecule has 1 saturated carbocycles. The van der Waals surface area contributed by atoms with Gasteiger partial charge in [0.2, 0.25) is 11.8 Å². The summed E-state index contributed by atoms with van der Waals surface area (Å²) in [5.41, 5.74) is 1.82. The number of nitrogens with one attached hydrogen (secondary N) is 1. The van der Waals surface area contributed by atoms with Crippen molar-refractivity contribution in [3.05, 3.63) is 68.7 Å². The molecule has 1 aliphatic carbocycles. The maximum atomic E-state index is 13.3. The highest BCUT2D eigenvalue weighted by atomic mass is 35.5. The lowest BCUT2D eigenvalue weighted by atomic mass is 10.1. The molecule has 1 fully saturated rings. The lowest BCUT2D eigenvalue weighted by molar-refractivity contribution is -0.139. The summed E-state index contributed by atoms with van der Waals surface area (Å²) in [6.45, 7) is 2.23. The van der Waals surface area contributed by atoms with Crippen molar-refractivity contribution in [1.29, 1.82) is 0 Å². The molecule has 2 aromatic rings. The molecule has 0 spiro atoms. The number of amides is 2. The predicted octanol–water partition coefficient (Wildman–Crippen LogP) is 6.75. The molecule has 0 heterocycles. The fraction of sp³-hybridized carbons (Fsp3) is 0.440. The van der Waals surface area contributed by atoms with Crippen molar-refractivity contribution in [3.8, 4) is 0 Å². The van der Waals surface area contributed by atoms with Gasteiger partial charge in [0.05, 0.1) is 15.8 Å². The van der Waals surface area contributed by atoms with Crippen LogP contribution in [0.4, 0.5) is 0 Å². The highest BCUT2D eigenvalue weighted by Crippen LogP contribution is 2.26. The molecule has 0 bridgehead atoms. The van der Waals surface area contributed by atoms with Gasteiger partial charge >= 0.3 is 0 Å². The van der Waals surface area contributed by atoms with E-state index >= 15 is 0 Å². The molecule has 1 N–H and O–H groups in total. The Kier molecular flexibility index (Phi) is 10.2. The Morgan fingerprint density at radius 2 is 1.79 bits per heavy atom. The third-order valence-corrected chi connectivity index (χ3v) is 7.94. The number of hydrogen-bond donors (Lipinski definition) is 1. The van der Waals surface area contributed by atoms with Gasteiger partial charge in [0, 0.05) is 23.4 Å². The molecule has 1 unspecified atom stereocenters. The lowest BCUT2D eigenvalue weighted by Crippen LogP contribution is -2.51. The summed E-state index contributed by atoms with van der Waals surface area (Å²) < 4.78 is 0. The zero-order valence-electron chi connectivity index (χ0n) is 18.7. The molecule has 0 aliphatic heterocycles. The number of benzene rings is 2. The minimum atomic E-state index is -0.548. The molecule has 1 atom stereocenters. The molecule has 1 aliphatic rings. The normalized spacial score (nSPS) is 14.8. The molecule has 4 nitrogen and oxygen atoms in total. The Balaban J connectivity index is 1.73. The standard InChI is InChI=1S/C25H29Cl3N2O2S/c1-2-23(25(32)29-19-8-4-5-9-19)30(14-17-11-12-21(27)22(28)13-17)24(31)16-33-15-18-7-3-6-10-20(18)26/h3,6-7,10-13,19,23H,2,4-5,8-9,14-16H2,1H3,(H,29,32). The Morgan fingerprint density at radius 3 is 2.45 bits per heavy atom. The van der Waals surface area contributed by atoms with Crippen LogP contribution in [0, 0.1) is 0 Å². The summed E-state index contributed by atoms with van der Waals surface area (Å²) in [6, 6.07) is 12.6. The second-order valence-electron chi connectivity index (χ2n) is 8.27. The molecule has 8 heteroatoms. The van der Waals surface area contributed by atoms with Crippen molar-refractivity contribution < 1.29 is 9.59 Å². The van der Waals surface area contributed by atoms with Crippen molar-refractivity contribution in [2.75, 3.05) is 5.75 Å². The van der Waals surface area contributed by atoms with E-state index < -0.39 is 6.04 Å². The zero-order valence-corrected chi connectivity index (χ0v) is 21.7. The minimum Gasteiger partial charge on any atom is -0.352 e. The van der Waals surface area contributed by atoms with E-state index in [0.717, 1.165) is 36.8 Å². The fourth-order valence-electron chi connectivity index (χ4n) is 4.07. The van der Waals surface area contributed by atoms with Crippen LogP contribution >= 0.6 is 46.6 Å². The molecule has 2 amide bonds. The van der Waals surface area contributed by atoms with Gasteiger partial charge in [0.1, 0.15) is 6.04 Å². The molecule has 3 rings (SSSR count). The summed E-state index contributed by atoms with van der Waals surface area (Å²) in [5.74, 6) is 0.692. The number of rotatable bonds is 10. The van der Waals surface area contributed by atoms with Crippen LogP contribution in [0.25, 0.3) is 0 Å². The van der Waals surface area contributed by atoms with Gasteiger partial charge in [-0.3, -0.25) is 9.59 Å². The lowest BCUT2D eigenvalue weighted by Gasteiger charge is -2.31. The van der Waals surface area contributed by atoms with E-state index in [1.165, 1.54) is 11.8 Å². The number of carbonyl (C=O) groups excluding carboxylic acids is 2. The number of halogens is 3. The van der Waals surface area contributed by atoms with Gasteiger partial charge < -0.3 is 10.2 Å². The Morgan fingerprint density at radius 1 is 1.06 bits per heavy atom. The van der Waals surface area contributed by atoms with Gasteiger partial charge in [-0.05, 0) is 48.6 Å². The van der Waals surface area contributed by atoms with E-state index in [-0.39, 0.29) is 23.6 Å². The second kappa shape index (κ2) is 12.9. The predicted molar refractivity (Wildman–Crippen MR) is 139 cm³/mol. The maximum Gasteiger partial charge on any atom is 0.243 e. The highest BCUT2D eigenvalue weighted by molar-refractivity contribution is 7.99.